The van der Waals surface area contributed by atoms with Gasteiger partial charge < -0.3 is 5.32 Å². The van der Waals surface area contributed by atoms with Crippen molar-refractivity contribution in [2.45, 2.75) is 13.5 Å². The second-order valence-electron chi connectivity index (χ2n) is 6.07. The number of para-hydroxylation sites is 2. The fraction of sp³-hybridized carbons (Fsp3) is 0.158. The van der Waals surface area contributed by atoms with Crippen LogP contribution in [0.15, 0.2) is 47.3 Å². The van der Waals surface area contributed by atoms with Gasteiger partial charge in [-0.05, 0) is 24.3 Å². The summed E-state index contributed by atoms with van der Waals surface area (Å²) in [5, 5.41) is 2.31. The Morgan fingerprint density at radius 3 is 2.57 bits per heavy atom. The molecule has 28 heavy (non-hydrogen) atoms. The number of hydrogen-bond acceptors (Lipinski definition) is 4. The molecule has 3 rings (SSSR count). The SMILES string of the molecule is CC(=O)N(C)c1nc2ccccc2n(CC(=O)Nc2ccc(F)cc2F)c1=O. The van der Waals surface area contributed by atoms with Gasteiger partial charge >= 0.3 is 0 Å². The average molecular weight is 386 g/mol. The molecule has 7 nitrogen and oxygen atoms in total. The molecule has 0 bridgehead atoms. The lowest BCUT2D eigenvalue weighted by Gasteiger charge is -2.17. The maximum absolute atomic E-state index is 13.8. The number of anilines is 2. The molecule has 0 atom stereocenters. The summed E-state index contributed by atoms with van der Waals surface area (Å²) in [6, 6.07) is 9.36. The van der Waals surface area contributed by atoms with Gasteiger partial charge in [-0.3, -0.25) is 23.9 Å². The fourth-order valence-corrected chi connectivity index (χ4v) is 2.63. The molecule has 0 fully saturated rings. The topological polar surface area (TPSA) is 84.3 Å². The van der Waals surface area contributed by atoms with Crippen LogP contribution >= 0.6 is 0 Å². The van der Waals surface area contributed by atoms with E-state index >= 15 is 0 Å². The predicted octanol–water partition coefficient (Wildman–Crippen LogP) is 2.30. The van der Waals surface area contributed by atoms with Crippen molar-refractivity contribution in [3.05, 3.63) is 64.5 Å². The molecule has 1 heterocycles. The van der Waals surface area contributed by atoms with Gasteiger partial charge in [0.2, 0.25) is 17.6 Å². The number of hydrogen-bond donors (Lipinski definition) is 1. The highest BCUT2D eigenvalue weighted by Crippen LogP contribution is 2.16. The van der Waals surface area contributed by atoms with Gasteiger partial charge in [-0.25, -0.2) is 13.8 Å². The number of rotatable bonds is 4. The number of nitrogens with one attached hydrogen (secondary N) is 1. The zero-order valence-corrected chi connectivity index (χ0v) is 15.1. The van der Waals surface area contributed by atoms with Gasteiger partial charge in [0.25, 0.3) is 5.56 Å². The first kappa shape index (κ1) is 19.2. The van der Waals surface area contributed by atoms with E-state index in [9.17, 15) is 23.2 Å². The molecular weight excluding hydrogens is 370 g/mol. The standard InChI is InChI=1S/C19H16F2N4O3/c1-11(26)24(2)18-19(28)25(16-6-4-3-5-15(16)23-18)10-17(27)22-14-8-7-12(20)9-13(14)21/h3-9H,10H2,1-2H3,(H,22,27). The van der Waals surface area contributed by atoms with E-state index in [2.05, 4.69) is 10.3 Å². The molecule has 0 aliphatic rings. The largest absolute Gasteiger partial charge is 0.322 e. The van der Waals surface area contributed by atoms with Gasteiger partial charge in [0, 0.05) is 20.0 Å². The van der Waals surface area contributed by atoms with E-state index in [-0.39, 0.29) is 11.5 Å². The average Bonchev–Trinajstić information content (AvgIpc) is 2.65. The molecule has 1 N–H and O–H groups in total. The van der Waals surface area contributed by atoms with Crippen LogP contribution in [-0.2, 0) is 16.1 Å². The number of halogens is 2. The van der Waals surface area contributed by atoms with Gasteiger partial charge in [0.1, 0.15) is 18.2 Å². The van der Waals surface area contributed by atoms with E-state index in [4.69, 9.17) is 0 Å². The Bertz CT molecular complexity index is 1140. The Morgan fingerprint density at radius 1 is 1.18 bits per heavy atom. The zero-order chi connectivity index (χ0) is 20.4. The van der Waals surface area contributed by atoms with Crippen LogP contribution in [0.4, 0.5) is 20.3 Å². The third-order valence-corrected chi connectivity index (χ3v) is 4.13. The van der Waals surface area contributed by atoms with Crippen molar-refractivity contribution in [1.29, 1.82) is 0 Å². The van der Waals surface area contributed by atoms with Gasteiger partial charge in [-0.15, -0.1) is 0 Å². The Labute approximate surface area is 158 Å². The molecule has 0 spiro atoms. The van der Waals surface area contributed by atoms with Gasteiger partial charge in [0.05, 0.1) is 16.7 Å². The van der Waals surface area contributed by atoms with Crippen LogP contribution in [0.25, 0.3) is 11.0 Å². The minimum absolute atomic E-state index is 0.132. The molecule has 0 unspecified atom stereocenters. The summed E-state index contributed by atoms with van der Waals surface area (Å²) >= 11 is 0. The normalized spacial score (nSPS) is 10.7. The predicted molar refractivity (Wildman–Crippen MR) is 100 cm³/mol. The molecule has 9 heteroatoms. The Hall–Kier alpha value is -3.62. The first-order chi connectivity index (χ1) is 13.3. The van der Waals surface area contributed by atoms with Crippen LogP contribution < -0.4 is 15.8 Å². The number of aromatic nitrogens is 2. The van der Waals surface area contributed by atoms with Gasteiger partial charge in [0.15, 0.2) is 0 Å². The zero-order valence-electron chi connectivity index (χ0n) is 15.1. The molecule has 2 aromatic carbocycles. The van der Waals surface area contributed by atoms with Gasteiger partial charge in [-0.1, -0.05) is 12.1 Å². The van der Waals surface area contributed by atoms with Crippen molar-refractivity contribution < 1.29 is 18.4 Å². The lowest BCUT2D eigenvalue weighted by atomic mass is 10.2. The van der Waals surface area contributed by atoms with E-state index in [1.165, 1.54) is 14.0 Å². The van der Waals surface area contributed by atoms with E-state index in [1.54, 1.807) is 24.3 Å². The summed E-state index contributed by atoms with van der Waals surface area (Å²) in [5.74, 6) is -2.93. The highest BCUT2D eigenvalue weighted by molar-refractivity contribution is 5.93. The lowest BCUT2D eigenvalue weighted by molar-refractivity contribution is -0.117. The summed E-state index contributed by atoms with van der Waals surface area (Å²) in [4.78, 5) is 42.2. The quantitative estimate of drug-likeness (QED) is 0.746. The molecule has 0 saturated carbocycles. The van der Waals surface area contributed by atoms with Gasteiger partial charge in [-0.2, -0.15) is 0 Å². The molecule has 2 amide bonds. The van der Waals surface area contributed by atoms with Crippen LogP contribution in [0, 0.1) is 11.6 Å². The van der Waals surface area contributed by atoms with Crippen LogP contribution in [0.2, 0.25) is 0 Å². The number of nitrogens with zero attached hydrogens (tertiary/aromatic N) is 3. The summed E-state index contributed by atoms with van der Waals surface area (Å²) < 4.78 is 27.9. The number of fused-ring (bicyclic) bond motifs is 1. The van der Waals surface area contributed by atoms with Crippen LogP contribution in [0.1, 0.15) is 6.92 Å². The molecule has 0 aliphatic heterocycles. The number of amides is 2. The van der Waals surface area contributed by atoms with Crippen molar-refractivity contribution in [1.82, 2.24) is 9.55 Å². The first-order valence-electron chi connectivity index (χ1n) is 8.26. The van der Waals surface area contributed by atoms with E-state index < -0.39 is 35.6 Å². The highest BCUT2D eigenvalue weighted by atomic mass is 19.1. The number of carbonyl (C=O) groups excluding carboxylic acids is 2. The molecule has 0 saturated heterocycles. The summed E-state index contributed by atoms with van der Waals surface area (Å²) in [7, 11) is 1.40. The molecule has 3 aromatic rings. The minimum Gasteiger partial charge on any atom is -0.322 e. The van der Waals surface area contributed by atoms with E-state index in [1.807, 2.05) is 0 Å². The van der Waals surface area contributed by atoms with Crippen molar-refractivity contribution in [2.75, 3.05) is 17.3 Å². The smallest absolute Gasteiger partial charge is 0.294 e. The molecule has 0 radical (unpaired) electrons. The fourth-order valence-electron chi connectivity index (χ4n) is 2.63. The second kappa shape index (κ2) is 7.55. The minimum atomic E-state index is -0.933. The van der Waals surface area contributed by atoms with Crippen molar-refractivity contribution in [3.63, 3.8) is 0 Å². The Balaban J connectivity index is 2.01. The first-order valence-corrected chi connectivity index (χ1v) is 8.26. The van der Waals surface area contributed by atoms with Crippen LogP contribution in [0.5, 0.6) is 0 Å². The number of carbonyl (C=O) groups is 2. The lowest BCUT2D eigenvalue weighted by Crippen LogP contribution is -2.36. The van der Waals surface area contributed by atoms with Crippen LogP contribution in [-0.4, -0.2) is 28.4 Å². The van der Waals surface area contributed by atoms with Crippen molar-refractivity contribution in [2.24, 2.45) is 0 Å². The summed E-state index contributed by atoms with van der Waals surface area (Å²) in [6.07, 6.45) is 0. The third-order valence-electron chi connectivity index (χ3n) is 4.13. The molecule has 1 aromatic heterocycles. The van der Waals surface area contributed by atoms with Crippen molar-refractivity contribution >= 4 is 34.4 Å². The molecular formula is C19H16F2N4O3. The van der Waals surface area contributed by atoms with Crippen LogP contribution in [0.3, 0.4) is 0 Å². The third kappa shape index (κ3) is 3.73. The monoisotopic (exact) mass is 386 g/mol. The Morgan fingerprint density at radius 2 is 1.89 bits per heavy atom. The summed E-state index contributed by atoms with van der Waals surface area (Å²) in [6.45, 7) is 0.835. The highest BCUT2D eigenvalue weighted by Gasteiger charge is 2.19. The molecule has 0 aliphatic carbocycles. The summed E-state index contributed by atoms with van der Waals surface area (Å²) in [5.41, 5.74) is -0.0705. The maximum atomic E-state index is 13.8. The van der Waals surface area contributed by atoms with Crippen molar-refractivity contribution in [3.8, 4) is 0 Å². The van der Waals surface area contributed by atoms with E-state index in [0.717, 1.165) is 21.6 Å². The second-order valence-corrected chi connectivity index (χ2v) is 6.07. The van der Waals surface area contributed by atoms with E-state index in [0.29, 0.717) is 17.1 Å². The molecule has 144 valence electrons. The number of benzene rings is 2. The Kier molecular flexibility index (Phi) is 5.16. The maximum Gasteiger partial charge on any atom is 0.294 e.